The van der Waals surface area contributed by atoms with E-state index in [1.165, 1.54) is 50.1 Å². The van der Waals surface area contributed by atoms with Crippen LogP contribution in [0.2, 0.25) is 0 Å². The molecule has 0 bridgehead atoms. The molecule has 0 aliphatic heterocycles. The second-order valence-corrected chi connectivity index (χ2v) is 22.7. The number of aromatic nitrogens is 8. The molecule has 0 saturated carbocycles. The SMILES string of the molecule is Cc1cc(-c2ccccc2)cc(-c2ccccc2)n1.Cc1cc(-c2ccccc2)cc(-c2ccccn2)n1.Cc1cc(-c2ccccc2)cc(-c2cccnc2)n1.Cc1cc(-c2ccccc2)cc(-c2ccncc2)n1.Cc1cc(-c2ccccc2)nc(-c2ccccc2)c1. The lowest BCUT2D eigenvalue weighted by Gasteiger charge is -2.07. The van der Waals surface area contributed by atoms with E-state index in [1.807, 2.05) is 167 Å². The molecule has 0 aliphatic rings. The molecule has 0 radical (unpaired) electrons. The molecule has 0 fully saturated rings. The van der Waals surface area contributed by atoms with Gasteiger partial charge in [-0.2, -0.15) is 0 Å². The summed E-state index contributed by atoms with van der Waals surface area (Å²) in [6.07, 6.45) is 9.00. The zero-order valence-electron chi connectivity index (χ0n) is 54.0. The van der Waals surface area contributed by atoms with Crippen LogP contribution in [0.25, 0.3) is 112 Å². The van der Waals surface area contributed by atoms with Gasteiger partial charge < -0.3 is 0 Å². The van der Waals surface area contributed by atoms with Crippen LogP contribution in [0.5, 0.6) is 0 Å². The predicted octanol–water partition coefficient (Wildman–Crippen LogP) is 21.8. The van der Waals surface area contributed by atoms with Crippen molar-refractivity contribution in [1.29, 1.82) is 0 Å². The fourth-order valence-electron chi connectivity index (χ4n) is 10.8. The Morgan fingerprint density at radius 1 is 0.179 bits per heavy atom. The Hall–Kier alpha value is -12.3. The van der Waals surface area contributed by atoms with Gasteiger partial charge in [-0.15, -0.1) is 0 Å². The normalized spacial score (nSPS) is 10.4. The lowest BCUT2D eigenvalue weighted by molar-refractivity contribution is 1.18. The quantitative estimate of drug-likeness (QED) is 0.133. The van der Waals surface area contributed by atoms with Crippen LogP contribution in [0.4, 0.5) is 0 Å². The Balaban J connectivity index is 0.000000121. The van der Waals surface area contributed by atoms with Crippen LogP contribution in [0.15, 0.2) is 346 Å². The second kappa shape index (κ2) is 32.7. The minimum Gasteiger partial charge on any atom is -0.265 e. The zero-order chi connectivity index (χ0) is 65.4. The maximum atomic E-state index is 4.77. The van der Waals surface area contributed by atoms with E-state index in [0.717, 1.165) is 90.5 Å². The van der Waals surface area contributed by atoms with Crippen molar-refractivity contribution in [3.8, 4) is 112 Å². The van der Waals surface area contributed by atoms with Gasteiger partial charge in [0.2, 0.25) is 0 Å². The maximum absolute atomic E-state index is 4.77. The second-order valence-electron chi connectivity index (χ2n) is 22.7. The number of aryl methyl sites for hydroxylation is 5. The third-order valence-electron chi connectivity index (χ3n) is 15.3. The van der Waals surface area contributed by atoms with Crippen LogP contribution in [0.3, 0.4) is 0 Å². The highest BCUT2D eigenvalue weighted by atomic mass is 14.8. The number of pyridine rings is 8. The van der Waals surface area contributed by atoms with Gasteiger partial charge in [0.25, 0.3) is 0 Å². The summed E-state index contributed by atoms with van der Waals surface area (Å²) in [5.41, 5.74) is 27.4. The summed E-state index contributed by atoms with van der Waals surface area (Å²) >= 11 is 0. The molecule has 460 valence electrons. The maximum Gasteiger partial charge on any atom is 0.0895 e. The summed E-state index contributed by atoms with van der Waals surface area (Å²) in [4.78, 5) is 35.7. The molecule has 0 atom stereocenters. The van der Waals surface area contributed by atoms with E-state index in [1.54, 1.807) is 24.8 Å². The van der Waals surface area contributed by atoms with Crippen molar-refractivity contribution in [2.24, 2.45) is 0 Å². The Labute approximate surface area is 558 Å². The van der Waals surface area contributed by atoms with Crippen molar-refractivity contribution in [1.82, 2.24) is 39.9 Å². The van der Waals surface area contributed by atoms with Gasteiger partial charge in [-0.05, 0) is 182 Å². The highest BCUT2D eigenvalue weighted by Crippen LogP contribution is 2.31. The number of rotatable bonds is 10. The molecular weight excluding hydrogens is 1160 g/mol. The first-order chi connectivity index (χ1) is 46.6. The molecule has 8 heteroatoms. The van der Waals surface area contributed by atoms with Gasteiger partial charge in [-0.3, -0.25) is 34.9 Å². The molecule has 0 amide bonds. The fourth-order valence-corrected chi connectivity index (χ4v) is 10.8. The first-order valence-corrected chi connectivity index (χ1v) is 31.7. The van der Waals surface area contributed by atoms with Gasteiger partial charge in [0.05, 0.1) is 39.9 Å². The van der Waals surface area contributed by atoms with Gasteiger partial charge in [-0.1, -0.05) is 218 Å². The van der Waals surface area contributed by atoms with Crippen molar-refractivity contribution in [2.75, 3.05) is 0 Å². The van der Waals surface area contributed by atoms with Crippen molar-refractivity contribution < 1.29 is 0 Å². The Kier molecular flexibility index (Phi) is 22.1. The Bertz CT molecular complexity index is 3810. The third-order valence-corrected chi connectivity index (χ3v) is 15.3. The summed E-state index contributed by atoms with van der Waals surface area (Å²) in [6, 6.07) is 107. The van der Waals surface area contributed by atoms with E-state index < -0.39 is 0 Å². The minimum absolute atomic E-state index is 0.906. The van der Waals surface area contributed by atoms with E-state index in [0.29, 0.717) is 0 Å². The average molecular weight is 1230 g/mol. The lowest BCUT2D eigenvalue weighted by atomic mass is 10.0. The monoisotopic (exact) mass is 1230 g/mol. The predicted molar refractivity (Wildman–Crippen MR) is 393 cm³/mol. The molecule has 7 aromatic carbocycles. The van der Waals surface area contributed by atoms with E-state index in [9.17, 15) is 0 Å². The molecule has 15 rings (SSSR count). The zero-order valence-corrected chi connectivity index (χ0v) is 54.0. The molecule has 95 heavy (non-hydrogen) atoms. The van der Waals surface area contributed by atoms with Gasteiger partial charge in [0.15, 0.2) is 0 Å². The first kappa shape index (κ1) is 64.3. The fraction of sp³-hybridized carbons (Fsp3) is 0.0575. The van der Waals surface area contributed by atoms with E-state index in [2.05, 4.69) is 224 Å². The number of nitrogens with zero attached hydrogens (tertiary/aromatic N) is 8. The molecule has 0 saturated heterocycles. The van der Waals surface area contributed by atoms with Crippen LogP contribution < -0.4 is 0 Å². The Morgan fingerprint density at radius 3 is 0.811 bits per heavy atom. The topological polar surface area (TPSA) is 103 Å². The van der Waals surface area contributed by atoms with E-state index in [-0.39, 0.29) is 0 Å². The standard InChI is InChI=1S/2C18H15N.3C17H14N2/c1-14-12-17(15-8-4-2-5-9-15)13-18(19-14)16-10-6-3-7-11-16;1-14-12-17(15-8-4-2-5-9-15)19-18(13-14)16-10-6-3-7-11-16;1-13-11-15(14-7-3-2-4-8-14)12-17(19-13)16-9-5-6-10-18-16;1-13-10-16(14-6-3-2-4-7-14)11-17(19-13)15-8-5-9-18-12-15;1-13-11-16(14-5-3-2-4-6-14)12-17(19-13)15-7-9-18-10-8-15/h2*2-13H,1H3;3*2-12H,1H3. The lowest BCUT2D eigenvalue weighted by Crippen LogP contribution is -1.91. The van der Waals surface area contributed by atoms with Crippen molar-refractivity contribution in [2.45, 2.75) is 34.6 Å². The average Bonchev–Trinajstić information content (AvgIpc) is 1.37. The van der Waals surface area contributed by atoms with Crippen molar-refractivity contribution >= 4 is 0 Å². The Morgan fingerprint density at radius 2 is 0.474 bits per heavy atom. The molecule has 0 aliphatic carbocycles. The molecule has 8 aromatic heterocycles. The number of benzene rings is 7. The van der Waals surface area contributed by atoms with Crippen molar-refractivity contribution in [3.63, 3.8) is 0 Å². The summed E-state index contributed by atoms with van der Waals surface area (Å²) in [5, 5.41) is 0. The molecule has 8 nitrogen and oxygen atoms in total. The minimum atomic E-state index is 0.906. The summed E-state index contributed by atoms with van der Waals surface area (Å²) < 4.78 is 0. The van der Waals surface area contributed by atoms with Crippen LogP contribution in [0, 0.1) is 34.6 Å². The summed E-state index contributed by atoms with van der Waals surface area (Å²) in [5.74, 6) is 0. The van der Waals surface area contributed by atoms with Gasteiger partial charge in [0.1, 0.15) is 0 Å². The van der Waals surface area contributed by atoms with Gasteiger partial charge in [0, 0.05) is 81.6 Å². The molecule has 8 heterocycles. The van der Waals surface area contributed by atoms with Crippen LogP contribution in [-0.4, -0.2) is 39.9 Å². The molecule has 0 unspecified atom stereocenters. The van der Waals surface area contributed by atoms with Gasteiger partial charge in [-0.25, -0.2) is 4.98 Å². The van der Waals surface area contributed by atoms with Crippen molar-refractivity contribution in [3.05, 3.63) is 375 Å². The van der Waals surface area contributed by atoms with E-state index >= 15 is 0 Å². The van der Waals surface area contributed by atoms with E-state index in [4.69, 9.17) is 4.98 Å². The summed E-state index contributed by atoms with van der Waals surface area (Å²) in [6.45, 7) is 10.2. The van der Waals surface area contributed by atoms with Gasteiger partial charge >= 0.3 is 0 Å². The summed E-state index contributed by atoms with van der Waals surface area (Å²) in [7, 11) is 0. The smallest absolute Gasteiger partial charge is 0.0895 e. The van der Waals surface area contributed by atoms with Crippen LogP contribution in [0.1, 0.15) is 28.3 Å². The third kappa shape index (κ3) is 18.5. The first-order valence-electron chi connectivity index (χ1n) is 31.7. The number of hydrogen-bond donors (Lipinski definition) is 0. The highest BCUT2D eigenvalue weighted by molar-refractivity contribution is 5.75. The highest BCUT2D eigenvalue weighted by Gasteiger charge is 2.10. The molecule has 15 aromatic rings. The van der Waals surface area contributed by atoms with Crippen LogP contribution >= 0.6 is 0 Å². The largest absolute Gasteiger partial charge is 0.265 e. The van der Waals surface area contributed by atoms with Crippen LogP contribution in [-0.2, 0) is 0 Å². The molecular formula is C87H72N8. The molecule has 0 N–H and O–H groups in total. The number of hydrogen-bond acceptors (Lipinski definition) is 8. The molecule has 0 spiro atoms.